The zero-order chi connectivity index (χ0) is 24.0. The number of rotatable bonds is 9. The van der Waals surface area contributed by atoms with Gasteiger partial charge < -0.3 is 10.1 Å². The zero-order valence-corrected chi connectivity index (χ0v) is 20.0. The van der Waals surface area contributed by atoms with Crippen LogP contribution in [0.5, 0.6) is 5.75 Å². The molecule has 0 aromatic heterocycles. The number of benzene rings is 2. The molecular weight excluding hydrogens is 462 g/mol. The van der Waals surface area contributed by atoms with Gasteiger partial charge in [0.15, 0.2) is 5.17 Å². The van der Waals surface area contributed by atoms with Gasteiger partial charge in [0, 0.05) is 24.7 Å². The maximum absolute atomic E-state index is 12.9. The summed E-state index contributed by atoms with van der Waals surface area (Å²) in [6.07, 6.45) is 2.12. The van der Waals surface area contributed by atoms with Gasteiger partial charge in [-0.3, -0.25) is 14.5 Å². The minimum atomic E-state index is -4.03. The second-order valence-corrected chi connectivity index (χ2v) is 9.95. The first-order valence-electron chi connectivity index (χ1n) is 10.2. The predicted octanol–water partition coefficient (Wildman–Crippen LogP) is 3.46. The molecule has 1 aliphatic heterocycles. The van der Waals surface area contributed by atoms with Crippen LogP contribution in [0.2, 0.25) is 0 Å². The molecule has 8 nitrogen and oxygen atoms in total. The first-order valence-corrected chi connectivity index (χ1v) is 12.6. The number of carbonyl (C=O) groups excluding carboxylic acids is 2. The molecule has 1 unspecified atom stereocenters. The first-order chi connectivity index (χ1) is 15.8. The topological polar surface area (TPSA) is 105 Å². The molecule has 0 spiro atoms. The van der Waals surface area contributed by atoms with Crippen molar-refractivity contribution in [3.63, 3.8) is 0 Å². The van der Waals surface area contributed by atoms with E-state index in [9.17, 15) is 18.0 Å². The van der Waals surface area contributed by atoms with E-state index >= 15 is 0 Å². The third-order valence-electron chi connectivity index (χ3n) is 4.88. The van der Waals surface area contributed by atoms with E-state index in [-0.39, 0.29) is 28.9 Å². The van der Waals surface area contributed by atoms with Gasteiger partial charge in [-0.25, -0.2) is 0 Å². The molecule has 0 saturated carbocycles. The second-order valence-electron chi connectivity index (χ2n) is 7.17. The number of amidine groups is 1. The number of amides is 2. The Morgan fingerprint density at radius 2 is 2.00 bits per heavy atom. The van der Waals surface area contributed by atoms with Crippen molar-refractivity contribution in [2.45, 2.75) is 29.9 Å². The van der Waals surface area contributed by atoms with E-state index < -0.39 is 21.2 Å². The highest BCUT2D eigenvalue weighted by molar-refractivity contribution is 8.16. The van der Waals surface area contributed by atoms with Gasteiger partial charge in [-0.15, -0.1) is 11.0 Å². The summed E-state index contributed by atoms with van der Waals surface area (Å²) in [7, 11) is -2.50. The summed E-state index contributed by atoms with van der Waals surface area (Å²) in [5, 5.41) is 1.96. The van der Waals surface area contributed by atoms with E-state index in [2.05, 4.69) is 16.3 Å². The Hall–Kier alpha value is -3.11. The SMILES string of the molecule is C=CCN1C(=O)C(CC(=O)Nc2cccc(OC)c2)S/C1=N/S(=O)(=O)c1ccc(CC)cc1. The van der Waals surface area contributed by atoms with Gasteiger partial charge in [0.25, 0.3) is 10.0 Å². The van der Waals surface area contributed by atoms with Crippen molar-refractivity contribution in [2.24, 2.45) is 4.40 Å². The number of thioether (sulfide) groups is 1. The molecule has 1 fully saturated rings. The first kappa shape index (κ1) is 24.5. The fourth-order valence-electron chi connectivity index (χ4n) is 3.14. The average Bonchev–Trinajstić information content (AvgIpc) is 3.07. The molecule has 1 heterocycles. The van der Waals surface area contributed by atoms with Gasteiger partial charge >= 0.3 is 0 Å². The molecule has 1 atom stereocenters. The molecule has 1 aliphatic rings. The zero-order valence-electron chi connectivity index (χ0n) is 18.4. The number of sulfonamides is 1. The van der Waals surface area contributed by atoms with Crippen molar-refractivity contribution < 1.29 is 22.7 Å². The van der Waals surface area contributed by atoms with Crippen LogP contribution in [0.4, 0.5) is 5.69 Å². The Balaban J connectivity index is 1.78. The van der Waals surface area contributed by atoms with Crippen LogP contribution < -0.4 is 10.1 Å². The number of nitrogens with zero attached hydrogens (tertiary/aromatic N) is 2. The van der Waals surface area contributed by atoms with Crippen molar-refractivity contribution in [3.05, 3.63) is 66.7 Å². The highest BCUT2D eigenvalue weighted by atomic mass is 32.2. The quantitative estimate of drug-likeness (QED) is 0.543. The fourth-order valence-corrected chi connectivity index (χ4v) is 5.51. The monoisotopic (exact) mass is 487 g/mol. The van der Waals surface area contributed by atoms with Crippen LogP contribution in [0.25, 0.3) is 0 Å². The number of nitrogens with one attached hydrogen (secondary N) is 1. The number of hydrogen-bond acceptors (Lipinski definition) is 6. The molecule has 33 heavy (non-hydrogen) atoms. The summed E-state index contributed by atoms with van der Waals surface area (Å²) >= 11 is 0.956. The van der Waals surface area contributed by atoms with E-state index in [0.717, 1.165) is 23.7 Å². The van der Waals surface area contributed by atoms with Crippen LogP contribution in [-0.2, 0) is 26.0 Å². The molecular formula is C23H25N3O5S2. The third-order valence-corrected chi connectivity index (χ3v) is 7.46. The summed E-state index contributed by atoms with van der Waals surface area (Å²) in [4.78, 5) is 26.7. The smallest absolute Gasteiger partial charge is 0.284 e. The van der Waals surface area contributed by atoms with Gasteiger partial charge in [0.2, 0.25) is 11.8 Å². The van der Waals surface area contributed by atoms with E-state index in [4.69, 9.17) is 4.74 Å². The lowest BCUT2D eigenvalue weighted by molar-refractivity contribution is -0.127. The molecule has 1 N–H and O–H groups in total. The third kappa shape index (κ3) is 6.02. The second kappa shape index (κ2) is 10.7. The number of hydrogen-bond donors (Lipinski definition) is 1. The van der Waals surface area contributed by atoms with Gasteiger partial charge in [0.1, 0.15) is 11.0 Å². The fraction of sp³-hybridized carbons (Fsp3) is 0.261. The maximum Gasteiger partial charge on any atom is 0.284 e. The lowest BCUT2D eigenvalue weighted by atomic mass is 10.2. The van der Waals surface area contributed by atoms with Crippen LogP contribution >= 0.6 is 11.8 Å². The lowest BCUT2D eigenvalue weighted by Gasteiger charge is -2.13. The van der Waals surface area contributed by atoms with Crippen molar-refractivity contribution >= 4 is 44.5 Å². The standard InChI is InChI=1S/C23H25N3O5S2/c1-4-13-26-22(28)20(15-21(27)24-17-7-6-8-18(14-17)31-3)32-23(26)25-33(29,30)19-11-9-16(5-2)10-12-19/h4,6-12,14,20H,1,5,13,15H2,2-3H3,(H,24,27)/b25-23+. The molecule has 2 amide bonds. The summed E-state index contributed by atoms with van der Waals surface area (Å²) < 4.78 is 34.7. The number of aryl methyl sites for hydroxylation is 1. The maximum atomic E-state index is 12.9. The number of methoxy groups -OCH3 is 1. The van der Waals surface area contributed by atoms with Gasteiger partial charge in [-0.2, -0.15) is 8.42 Å². The average molecular weight is 488 g/mol. The van der Waals surface area contributed by atoms with Crippen molar-refractivity contribution in [1.29, 1.82) is 0 Å². The van der Waals surface area contributed by atoms with E-state index in [1.165, 1.54) is 30.2 Å². The van der Waals surface area contributed by atoms with Crippen molar-refractivity contribution in [1.82, 2.24) is 4.90 Å². The molecule has 0 bridgehead atoms. The van der Waals surface area contributed by atoms with Crippen LogP contribution in [0.3, 0.4) is 0 Å². The summed E-state index contributed by atoms with van der Waals surface area (Å²) in [5.74, 6) is -0.189. The molecule has 0 aliphatic carbocycles. The Bertz CT molecular complexity index is 1180. The molecule has 174 valence electrons. The largest absolute Gasteiger partial charge is 0.497 e. The van der Waals surface area contributed by atoms with Crippen LogP contribution in [0.1, 0.15) is 18.9 Å². The van der Waals surface area contributed by atoms with Crippen molar-refractivity contribution in [3.8, 4) is 5.75 Å². The number of carbonyl (C=O) groups is 2. The van der Waals surface area contributed by atoms with Crippen LogP contribution in [0.15, 0.2) is 70.5 Å². The molecule has 1 saturated heterocycles. The highest BCUT2D eigenvalue weighted by Gasteiger charge is 2.39. The summed E-state index contributed by atoms with van der Waals surface area (Å²) in [6.45, 7) is 5.69. The predicted molar refractivity (Wildman–Crippen MR) is 130 cm³/mol. The van der Waals surface area contributed by atoms with E-state index in [0.29, 0.717) is 11.4 Å². The number of anilines is 1. The normalized spacial score (nSPS) is 17.3. The summed E-state index contributed by atoms with van der Waals surface area (Å²) in [5.41, 5.74) is 1.53. The number of ether oxygens (including phenoxy) is 1. The molecule has 2 aromatic rings. The Morgan fingerprint density at radius 3 is 2.64 bits per heavy atom. The summed E-state index contributed by atoms with van der Waals surface area (Å²) in [6, 6.07) is 13.3. The minimum absolute atomic E-state index is 0.0265. The molecule has 0 radical (unpaired) electrons. The Labute approximate surface area is 197 Å². The highest BCUT2D eigenvalue weighted by Crippen LogP contribution is 2.31. The molecule has 3 rings (SSSR count). The minimum Gasteiger partial charge on any atom is -0.497 e. The Kier molecular flexibility index (Phi) is 7.93. The molecule has 10 heteroatoms. The van der Waals surface area contributed by atoms with Gasteiger partial charge in [-0.05, 0) is 36.2 Å². The Morgan fingerprint density at radius 1 is 1.27 bits per heavy atom. The molecule has 2 aromatic carbocycles. The van der Waals surface area contributed by atoms with Gasteiger partial charge in [-0.1, -0.05) is 43.0 Å². The van der Waals surface area contributed by atoms with Crippen LogP contribution in [0, 0.1) is 0 Å². The van der Waals surface area contributed by atoms with E-state index in [1.807, 2.05) is 6.92 Å². The van der Waals surface area contributed by atoms with E-state index in [1.54, 1.807) is 36.4 Å². The lowest BCUT2D eigenvalue weighted by Crippen LogP contribution is -2.33. The van der Waals surface area contributed by atoms with Crippen LogP contribution in [-0.4, -0.2) is 49.2 Å². The van der Waals surface area contributed by atoms with Gasteiger partial charge in [0.05, 0.1) is 12.0 Å². The van der Waals surface area contributed by atoms with Crippen molar-refractivity contribution in [2.75, 3.05) is 19.0 Å².